The third kappa shape index (κ3) is 14.5. The lowest BCUT2D eigenvalue weighted by Crippen LogP contribution is -2.16. The molecule has 0 bridgehead atoms. The van der Waals surface area contributed by atoms with Gasteiger partial charge in [-0.3, -0.25) is 36.9 Å². The van der Waals surface area contributed by atoms with Crippen LogP contribution in [-0.4, -0.2) is 77.8 Å². The maximum Gasteiger partial charge on any atom is 0.446 e. The summed E-state index contributed by atoms with van der Waals surface area (Å²) in [7, 11) is -32.0. The molecule has 36 heteroatoms. The van der Waals surface area contributed by atoms with E-state index in [1.165, 1.54) is 36.4 Å². The molecule has 0 amide bonds. The lowest BCUT2D eigenvalue weighted by molar-refractivity contribution is 0.304. The molecule has 6 N–H and O–H groups in total. The molecule has 2 aromatic heterocycles. The zero-order chi connectivity index (χ0) is 54.3. The fourth-order valence-electron chi connectivity index (χ4n) is 6.41. The standard InChI is InChI=1S/C38H26O30S6/c39-26-16-28(21-5-8-23(9-6-21)63-69(41,42)43)61-32-14-24(64-70(44,45)46)12-30(34(26)32)59-17-19-1-3-20(4-2-19)18-60-31-13-25(65-71(47,48)49)15-33-35(31)36(40)38(68-74(56,57)58)37(62-33)22-7-10-27(66-72(50,51)52)29(11-22)67-73(53,54)55/h1-16H,17-18H2,(H,41,42,43)(H,44,45,46)(H,47,48,49)(H,50,51,52)(H,53,54,55)(H,56,57,58). The molecule has 0 aliphatic heterocycles. The second-order valence-corrected chi connectivity index (χ2v) is 20.4. The highest BCUT2D eigenvalue weighted by Crippen LogP contribution is 2.41. The molecule has 5 aromatic carbocycles. The van der Waals surface area contributed by atoms with Crippen molar-refractivity contribution < 1.29 is 121 Å². The third-order valence-corrected chi connectivity index (χ3v) is 11.4. The van der Waals surface area contributed by atoms with Crippen molar-refractivity contribution in [3.05, 3.63) is 129 Å². The first-order valence-corrected chi connectivity index (χ1v) is 27.2. The summed E-state index contributed by atoms with van der Waals surface area (Å²) in [6.45, 7) is -0.923. The van der Waals surface area contributed by atoms with Crippen molar-refractivity contribution in [2.75, 3.05) is 0 Å². The number of benzene rings is 5. The van der Waals surface area contributed by atoms with E-state index in [2.05, 4.69) is 25.1 Å². The van der Waals surface area contributed by atoms with Crippen molar-refractivity contribution in [2.45, 2.75) is 13.2 Å². The van der Waals surface area contributed by atoms with E-state index in [-0.39, 0.29) is 46.0 Å². The van der Waals surface area contributed by atoms with Crippen molar-refractivity contribution >= 4 is 84.3 Å². The first kappa shape index (κ1) is 54.2. The van der Waals surface area contributed by atoms with Gasteiger partial charge in [-0.2, -0.15) is 50.5 Å². The zero-order valence-corrected chi connectivity index (χ0v) is 40.5. The average molecular weight is 1150 g/mol. The van der Waals surface area contributed by atoms with Gasteiger partial charge in [-0.05, 0) is 53.6 Å². The Hall–Kier alpha value is -7.62. The predicted molar refractivity (Wildman–Crippen MR) is 244 cm³/mol. The molecule has 0 atom stereocenters. The van der Waals surface area contributed by atoms with E-state index in [0.717, 1.165) is 30.3 Å². The van der Waals surface area contributed by atoms with Crippen LogP contribution in [0.2, 0.25) is 0 Å². The van der Waals surface area contributed by atoms with Gasteiger partial charge >= 0.3 is 62.4 Å². The summed E-state index contributed by atoms with van der Waals surface area (Å²) < 4.78 is 244. The zero-order valence-electron chi connectivity index (χ0n) is 35.6. The molecule has 2 heterocycles. The van der Waals surface area contributed by atoms with E-state index >= 15 is 0 Å². The normalized spacial score (nSPS) is 12.5. The topological polar surface area (TPSA) is 460 Å². The molecule has 0 fully saturated rings. The Morgan fingerprint density at radius 3 is 1.31 bits per heavy atom. The fraction of sp³-hybridized carbons (Fsp3) is 0.0526. The molecule has 0 saturated heterocycles. The average Bonchev–Trinajstić information content (AvgIpc) is 3.23. The van der Waals surface area contributed by atoms with Gasteiger partial charge in [0.1, 0.15) is 58.2 Å². The van der Waals surface area contributed by atoms with Crippen molar-refractivity contribution in [3.8, 4) is 68.6 Å². The van der Waals surface area contributed by atoms with Crippen molar-refractivity contribution in [1.82, 2.24) is 0 Å². The van der Waals surface area contributed by atoms with Crippen LogP contribution in [0.5, 0.6) is 46.0 Å². The Kier molecular flexibility index (Phi) is 14.6. The van der Waals surface area contributed by atoms with Crippen molar-refractivity contribution in [1.29, 1.82) is 0 Å². The van der Waals surface area contributed by atoms with Gasteiger partial charge in [-0.25, -0.2) is 0 Å². The summed E-state index contributed by atoms with van der Waals surface area (Å²) in [5, 5.41) is -1.03. The summed E-state index contributed by atoms with van der Waals surface area (Å²) in [6.07, 6.45) is 0. The van der Waals surface area contributed by atoms with E-state index in [1.54, 1.807) is 0 Å². The summed E-state index contributed by atoms with van der Waals surface area (Å²) >= 11 is 0. The van der Waals surface area contributed by atoms with Gasteiger partial charge in [-0.15, -0.1) is 0 Å². The van der Waals surface area contributed by atoms with Gasteiger partial charge in [0.25, 0.3) is 0 Å². The van der Waals surface area contributed by atoms with Gasteiger partial charge in [0.05, 0.1) is 0 Å². The van der Waals surface area contributed by atoms with Crippen molar-refractivity contribution in [2.24, 2.45) is 0 Å². The lowest BCUT2D eigenvalue weighted by atomic mass is 10.1. The molecule has 0 unspecified atom stereocenters. The van der Waals surface area contributed by atoms with E-state index in [1.807, 2.05) is 0 Å². The Morgan fingerprint density at radius 2 is 0.824 bits per heavy atom. The predicted octanol–water partition coefficient (Wildman–Crippen LogP) is 3.48. The third-order valence-electron chi connectivity index (χ3n) is 9.00. The van der Waals surface area contributed by atoms with Gasteiger partial charge in [0, 0.05) is 41.5 Å². The van der Waals surface area contributed by atoms with E-state index in [0.29, 0.717) is 35.9 Å². The number of fused-ring (bicyclic) bond motifs is 2. The Morgan fingerprint density at radius 1 is 0.392 bits per heavy atom. The van der Waals surface area contributed by atoms with E-state index in [4.69, 9.17) is 27.4 Å². The molecule has 0 radical (unpaired) electrons. The Labute approximate surface area is 414 Å². The minimum absolute atomic E-state index is 0.137. The molecule has 0 aliphatic rings. The number of ether oxygens (including phenoxy) is 2. The molecule has 0 spiro atoms. The van der Waals surface area contributed by atoms with Crippen LogP contribution in [0.3, 0.4) is 0 Å². The first-order chi connectivity index (χ1) is 34.1. The van der Waals surface area contributed by atoms with Gasteiger partial charge < -0.3 is 43.4 Å². The molecule has 0 aliphatic carbocycles. The Bertz CT molecular complexity index is 4210. The molecule has 30 nitrogen and oxygen atoms in total. The summed E-state index contributed by atoms with van der Waals surface area (Å²) in [5.41, 5.74) is -3.33. The maximum absolute atomic E-state index is 14.1. The monoisotopic (exact) mass is 1150 g/mol. The SMILES string of the molecule is O=c1cc(-c2ccc(OS(=O)(=O)O)cc2)oc2cc(OS(=O)(=O)O)cc(OCc3ccc(COc4cc(OS(=O)(=O)O)cc5oc(-c6ccc(OS(=O)(=O)O)c(OS(=O)(=O)O)c6)c(OS(=O)(=O)O)c(=O)c45)cc3)c12. The summed E-state index contributed by atoms with van der Waals surface area (Å²) in [4.78, 5) is 27.6. The summed E-state index contributed by atoms with van der Waals surface area (Å²) in [6, 6.07) is 16.3. The molecule has 7 aromatic rings. The molecular weight excluding hydrogens is 1130 g/mol. The minimum Gasteiger partial charge on any atom is -0.488 e. The molecular formula is C38H26O30S6. The van der Waals surface area contributed by atoms with Crippen LogP contribution >= 0.6 is 0 Å². The second-order valence-electron chi connectivity index (χ2n) is 14.3. The van der Waals surface area contributed by atoms with E-state index < -0.39 is 137 Å². The van der Waals surface area contributed by atoms with Crippen LogP contribution < -0.4 is 45.4 Å². The van der Waals surface area contributed by atoms with Crippen LogP contribution in [0.25, 0.3) is 44.6 Å². The van der Waals surface area contributed by atoms with Crippen LogP contribution in [-0.2, 0) is 75.6 Å². The largest absolute Gasteiger partial charge is 0.488 e. The number of hydrogen-bond acceptors (Lipinski definition) is 24. The summed E-state index contributed by atoms with van der Waals surface area (Å²) in [5.74, 6) is -7.77. The molecule has 0 saturated carbocycles. The first-order valence-electron chi connectivity index (χ1n) is 19.0. The second kappa shape index (κ2) is 20.0. The van der Waals surface area contributed by atoms with Gasteiger partial charge in [0.15, 0.2) is 34.2 Å². The van der Waals surface area contributed by atoms with Crippen LogP contribution in [0, 0.1) is 0 Å². The van der Waals surface area contributed by atoms with Crippen LogP contribution in [0.4, 0.5) is 0 Å². The molecule has 74 heavy (non-hydrogen) atoms. The fourth-order valence-corrected chi connectivity index (χ4v) is 8.53. The van der Waals surface area contributed by atoms with Gasteiger partial charge in [-0.1, -0.05) is 24.3 Å². The quantitative estimate of drug-likeness (QED) is 0.0595. The smallest absolute Gasteiger partial charge is 0.446 e. The Balaban J connectivity index is 1.21. The lowest BCUT2D eigenvalue weighted by Gasteiger charge is -2.15. The highest BCUT2D eigenvalue weighted by atomic mass is 32.3. The highest BCUT2D eigenvalue weighted by Gasteiger charge is 2.28. The van der Waals surface area contributed by atoms with Crippen LogP contribution in [0.1, 0.15) is 11.1 Å². The van der Waals surface area contributed by atoms with Crippen LogP contribution in [0.15, 0.2) is 115 Å². The highest BCUT2D eigenvalue weighted by molar-refractivity contribution is 7.82. The van der Waals surface area contributed by atoms with Crippen molar-refractivity contribution in [3.63, 3.8) is 0 Å². The molecule has 394 valence electrons. The molecule has 7 rings (SSSR count). The number of hydrogen-bond donors (Lipinski definition) is 6. The van der Waals surface area contributed by atoms with Gasteiger partial charge in [0.2, 0.25) is 11.2 Å². The minimum atomic E-state index is -5.67. The van der Waals surface area contributed by atoms with E-state index in [9.17, 15) is 78.3 Å². The maximum atomic E-state index is 14.1. The number of rotatable bonds is 20.